The van der Waals surface area contributed by atoms with Gasteiger partial charge in [-0.25, -0.2) is 13.6 Å². The molecule has 0 radical (unpaired) electrons. The summed E-state index contributed by atoms with van der Waals surface area (Å²) >= 11 is 0. The van der Waals surface area contributed by atoms with Crippen molar-refractivity contribution in [1.29, 1.82) is 0 Å². The highest BCUT2D eigenvalue weighted by Crippen LogP contribution is 2.41. The average molecular weight is 660 g/mol. The second kappa shape index (κ2) is 12.6. The number of anilines is 1. The number of hydrogen-bond donors (Lipinski definition) is 0. The summed E-state index contributed by atoms with van der Waals surface area (Å²) in [4.78, 5) is 52.7. The van der Waals surface area contributed by atoms with Crippen molar-refractivity contribution in [3.8, 4) is 0 Å². The molecule has 254 valence electrons. The zero-order valence-corrected chi connectivity index (χ0v) is 28.4. The van der Waals surface area contributed by atoms with Crippen LogP contribution in [0.2, 0.25) is 0 Å². The van der Waals surface area contributed by atoms with Crippen LogP contribution in [0.5, 0.6) is 0 Å². The van der Waals surface area contributed by atoms with E-state index >= 15 is 0 Å². The maximum absolute atomic E-state index is 14.2. The molecular formula is C37H43F2N5O4. The van der Waals surface area contributed by atoms with Crippen LogP contribution in [-0.2, 0) is 27.9 Å². The summed E-state index contributed by atoms with van der Waals surface area (Å²) in [5.74, 6) is -1.13. The van der Waals surface area contributed by atoms with E-state index < -0.39 is 17.5 Å². The predicted molar refractivity (Wildman–Crippen MR) is 178 cm³/mol. The Hall–Kier alpha value is -4.38. The van der Waals surface area contributed by atoms with Gasteiger partial charge in [-0.1, -0.05) is 32.0 Å². The third kappa shape index (κ3) is 6.92. The van der Waals surface area contributed by atoms with Crippen molar-refractivity contribution in [1.82, 2.24) is 19.7 Å². The SMILES string of the molecule is C[C@@H]1CN(CC(=O)N2CC(C)(C)c3cnc(Cc4ccc(F)cc4)cc32)[C@@H](CN2Cc3ccc(F)cc3C2=O)CN1C(=O)OC(C)(C)C. The fourth-order valence-electron chi connectivity index (χ4n) is 6.97. The van der Waals surface area contributed by atoms with Gasteiger partial charge in [-0.3, -0.25) is 19.5 Å². The molecule has 0 N–H and O–H groups in total. The van der Waals surface area contributed by atoms with E-state index in [1.165, 1.54) is 24.3 Å². The minimum Gasteiger partial charge on any atom is -0.444 e. The van der Waals surface area contributed by atoms with Crippen molar-refractivity contribution >= 4 is 23.6 Å². The first-order chi connectivity index (χ1) is 22.6. The van der Waals surface area contributed by atoms with E-state index in [4.69, 9.17) is 4.74 Å². The molecule has 2 atom stereocenters. The summed E-state index contributed by atoms with van der Waals surface area (Å²) in [6, 6.07) is 11.9. The molecule has 1 saturated heterocycles. The zero-order valence-electron chi connectivity index (χ0n) is 28.4. The van der Waals surface area contributed by atoms with Crippen LogP contribution in [-0.4, -0.2) is 88.0 Å². The summed E-state index contributed by atoms with van der Waals surface area (Å²) < 4.78 is 33.2. The highest BCUT2D eigenvalue weighted by atomic mass is 19.1. The van der Waals surface area contributed by atoms with Crippen molar-refractivity contribution in [2.45, 2.75) is 77.6 Å². The maximum Gasteiger partial charge on any atom is 0.410 e. The summed E-state index contributed by atoms with van der Waals surface area (Å²) in [5.41, 5.74) is 3.56. The number of nitrogens with zero attached hydrogens (tertiary/aromatic N) is 5. The topological polar surface area (TPSA) is 86.3 Å². The molecule has 0 unspecified atom stereocenters. The predicted octanol–water partition coefficient (Wildman–Crippen LogP) is 5.54. The van der Waals surface area contributed by atoms with Crippen LogP contribution in [0, 0.1) is 11.6 Å². The van der Waals surface area contributed by atoms with Crippen LogP contribution >= 0.6 is 0 Å². The van der Waals surface area contributed by atoms with Gasteiger partial charge in [0.1, 0.15) is 17.2 Å². The second-order valence-electron chi connectivity index (χ2n) is 14.9. The molecule has 3 aromatic rings. The number of piperazine rings is 1. The molecule has 11 heteroatoms. The molecule has 3 aliphatic heterocycles. The number of pyridine rings is 1. The maximum atomic E-state index is 14.2. The quantitative estimate of drug-likeness (QED) is 0.346. The van der Waals surface area contributed by atoms with E-state index in [0.29, 0.717) is 31.6 Å². The molecule has 0 bridgehead atoms. The third-order valence-electron chi connectivity index (χ3n) is 9.41. The van der Waals surface area contributed by atoms with E-state index in [2.05, 4.69) is 23.7 Å². The second-order valence-corrected chi connectivity index (χ2v) is 14.9. The van der Waals surface area contributed by atoms with Crippen LogP contribution < -0.4 is 4.90 Å². The first kappa shape index (κ1) is 33.5. The van der Waals surface area contributed by atoms with E-state index in [1.807, 2.05) is 44.9 Å². The fraction of sp³-hybridized carbons (Fsp3) is 0.459. The molecular weight excluding hydrogens is 616 g/mol. The highest BCUT2D eigenvalue weighted by molar-refractivity contribution is 5.99. The lowest BCUT2D eigenvalue weighted by Gasteiger charge is -2.46. The Morgan fingerprint density at radius 1 is 1.02 bits per heavy atom. The van der Waals surface area contributed by atoms with Crippen LogP contribution in [0.1, 0.15) is 74.3 Å². The standard InChI is InChI=1S/C37H43F2N5O4/c1-23-17-41(21-33(45)44-22-37(5,6)31-16-40-28(15-32(31)44)13-24-7-10-26(38)11-8-24)29(20-43(23)35(47)48-36(2,3)4)19-42-18-25-9-12-27(39)14-30(25)34(42)46/h7-12,14-16,23,29H,13,17-22H2,1-6H3/t23-,29+/m1/s1. The van der Waals surface area contributed by atoms with Gasteiger partial charge in [0.25, 0.3) is 5.91 Å². The number of aromatic nitrogens is 1. The van der Waals surface area contributed by atoms with Crippen molar-refractivity contribution in [2.24, 2.45) is 0 Å². The highest BCUT2D eigenvalue weighted by Gasteiger charge is 2.43. The van der Waals surface area contributed by atoms with Crippen LogP contribution in [0.25, 0.3) is 0 Å². The van der Waals surface area contributed by atoms with Gasteiger partial charge >= 0.3 is 6.09 Å². The van der Waals surface area contributed by atoms with Gasteiger partial charge in [0, 0.05) is 79.7 Å². The largest absolute Gasteiger partial charge is 0.444 e. The molecule has 3 aliphatic rings. The molecule has 6 rings (SSSR count). The van der Waals surface area contributed by atoms with Gasteiger partial charge in [0.2, 0.25) is 5.91 Å². The molecule has 9 nitrogen and oxygen atoms in total. The number of benzene rings is 2. The average Bonchev–Trinajstić information content (AvgIpc) is 3.46. The normalized spacial score (nSPS) is 20.6. The lowest BCUT2D eigenvalue weighted by molar-refractivity contribution is -0.121. The molecule has 0 aliphatic carbocycles. The summed E-state index contributed by atoms with van der Waals surface area (Å²) in [7, 11) is 0. The summed E-state index contributed by atoms with van der Waals surface area (Å²) in [5, 5.41) is 0. The smallest absolute Gasteiger partial charge is 0.410 e. The van der Waals surface area contributed by atoms with Gasteiger partial charge in [-0.05, 0) is 69.2 Å². The van der Waals surface area contributed by atoms with Gasteiger partial charge < -0.3 is 19.4 Å². The van der Waals surface area contributed by atoms with Crippen LogP contribution in [0.15, 0.2) is 54.7 Å². The number of rotatable bonds is 6. The number of hydrogen-bond acceptors (Lipinski definition) is 6. The molecule has 1 fully saturated rings. The minimum absolute atomic E-state index is 0.0753. The third-order valence-corrected chi connectivity index (χ3v) is 9.41. The van der Waals surface area contributed by atoms with E-state index in [0.717, 1.165) is 28.1 Å². The zero-order chi connectivity index (χ0) is 34.5. The first-order valence-corrected chi connectivity index (χ1v) is 16.4. The van der Waals surface area contributed by atoms with Crippen molar-refractivity contribution in [3.05, 3.63) is 94.3 Å². The number of carbonyl (C=O) groups excluding carboxylic acids is 3. The molecule has 2 aromatic carbocycles. The molecule has 4 heterocycles. The molecule has 3 amide bonds. The van der Waals surface area contributed by atoms with Gasteiger partial charge in [0.15, 0.2) is 0 Å². The summed E-state index contributed by atoms with van der Waals surface area (Å²) in [6.07, 6.45) is 1.89. The number of ether oxygens (including phenoxy) is 1. The minimum atomic E-state index is -0.684. The van der Waals surface area contributed by atoms with Gasteiger partial charge in [-0.2, -0.15) is 0 Å². The van der Waals surface area contributed by atoms with E-state index in [-0.39, 0.29) is 54.8 Å². The number of fused-ring (bicyclic) bond motifs is 2. The monoisotopic (exact) mass is 659 g/mol. The Labute approximate surface area is 280 Å². The first-order valence-electron chi connectivity index (χ1n) is 16.4. The Bertz CT molecular complexity index is 1740. The molecule has 1 aromatic heterocycles. The number of carbonyl (C=O) groups is 3. The Kier molecular flexibility index (Phi) is 8.78. The lowest BCUT2D eigenvalue weighted by Crippen LogP contribution is -2.63. The van der Waals surface area contributed by atoms with Gasteiger partial charge in [-0.15, -0.1) is 0 Å². The van der Waals surface area contributed by atoms with Gasteiger partial charge in [0.05, 0.1) is 12.2 Å². The molecule has 0 saturated carbocycles. The van der Waals surface area contributed by atoms with E-state index in [1.54, 1.807) is 28.0 Å². The summed E-state index contributed by atoms with van der Waals surface area (Å²) in [6.45, 7) is 13.3. The Morgan fingerprint density at radius 3 is 2.44 bits per heavy atom. The van der Waals surface area contributed by atoms with E-state index in [9.17, 15) is 23.2 Å². The number of amides is 3. The molecule has 0 spiro atoms. The lowest BCUT2D eigenvalue weighted by atomic mass is 9.88. The van der Waals surface area contributed by atoms with Crippen molar-refractivity contribution in [2.75, 3.05) is 37.6 Å². The van der Waals surface area contributed by atoms with Crippen molar-refractivity contribution in [3.63, 3.8) is 0 Å². The molecule has 48 heavy (non-hydrogen) atoms. The van der Waals surface area contributed by atoms with Crippen LogP contribution in [0.4, 0.5) is 19.3 Å². The Morgan fingerprint density at radius 2 is 1.73 bits per heavy atom. The van der Waals surface area contributed by atoms with Crippen LogP contribution in [0.3, 0.4) is 0 Å². The van der Waals surface area contributed by atoms with Crippen molar-refractivity contribution < 1.29 is 27.9 Å². The fourth-order valence-corrected chi connectivity index (χ4v) is 6.97. The number of halogens is 2. The Balaban J connectivity index is 1.24.